The fourth-order valence-electron chi connectivity index (χ4n) is 3.48. The number of carbonyl (C=O) groups excluding carboxylic acids is 2. The Hall–Kier alpha value is -5.26. The van der Waals surface area contributed by atoms with Gasteiger partial charge in [-0.1, -0.05) is 12.1 Å². The van der Waals surface area contributed by atoms with E-state index in [1.807, 2.05) is 0 Å². The van der Waals surface area contributed by atoms with Gasteiger partial charge in [-0.05, 0) is 48.9 Å². The summed E-state index contributed by atoms with van der Waals surface area (Å²) in [6.45, 7) is 1.45. The smallest absolute Gasteiger partial charge is 0.337 e. The number of benzene rings is 3. The molecule has 0 unspecified atom stereocenters. The fraction of sp³-hybridized carbons (Fsp3) is 0.0833. The third kappa shape index (κ3) is 5.12. The summed E-state index contributed by atoms with van der Waals surface area (Å²) in [6.07, 6.45) is 0.987. The van der Waals surface area contributed by atoms with E-state index in [0.29, 0.717) is 16.9 Å². The van der Waals surface area contributed by atoms with E-state index in [1.165, 1.54) is 6.92 Å². The van der Waals surface area contributed by atoms with Crippen LogP contribution in [0.4, 0.5) is 34.4 Å². The van der Waals surface area contributed by atoms with Gasteiger partial charge in [0.1, 0.15) is 6.29 Å². The van der Waals surface area contributed by atoms with Crippen LogP contribution in [0.25, 0.3) is 11.0 Å². The number of aromatic nitrogens is 2. The molecule has 180 valence electrons. The number of hydrogen-bond acceptors (Lipinski definition) is 10. The van der Waals surface area contributed by atoms with E-state index < -0.39 is 21.2 Å². The van der Waals surface area contributed by atoms with Gasteiger partial charge in [-0.15, -0.1) is 0 Å². The van der Waals surface area contributed by atoms with Crippen LogP contribution in [-0.2, 0) is 11.2 Å². The van der Waals surface area contributed by atoms with E-state index in [1.54, 1.807) is 48.5 Å². The highest BCUT2D eigenvalue weighted by Gasteiger charge is 2.26. The first kappa shape index (κ1) is 23.9. The van der Waals surface area contributed by atoms with Crippen LogP contribution in [0.2, 0.25) is 0 Å². The average Bonchev–Trinajstić information content (AvgIpc) is 2.84. The Morgan fingerprint density at radius 1 is 0.861 bits per heavy atom. The van der Waals surface area contributed by atoms with Crippen LogP contribution in [0.1, 0.15) is 22.8 Å². The number of ketones is 1. The number of nitro groups is 2. The molecule has 0 bridgehead atoms. The van der Waals surface area contributed by atoms with Crippen molar-refractivity contribution in [3.8, 4) is 0 Å². The number of anilines is 4. The van der Waals surface area contributed by atoms with E-state index in [4.69, 9.17) is 0 Å². The van der Waals surface area contributed by atoms with Crippen LogP contribution in [0.15, 0.2) is 60.7 Å². The van der Waals surface area contributed by atoms with Crippen molar-refractivity contribution in [1.29, 1.82) is 0 Å². The highest BCUT2D eigenvalue weighted by atomic mass is 16.6. The fourth-order valence-corrected chi connectivity index (χ4v) is 3.48. The molecule has 36 heavy (non-hydrogen) atoms. The molecule has 0 atom stereocenters. The lowest BCUT2D eigenvalue weighted by Gasteiger charge is -2.14. The number of nitrogens with one attached hydrogen (secondary N) is 2. The first-order valence-corrected chi connectivity index (χ1v) is 10.6. The molecule has 4 rings (SSSR count). The van der Waals surface area contributed by atoms with Crippen LogP contribution in [0.3, 0.4) is 0 Å². The molecule has 1 heterocycles. The standard InChI is InChI=1S/C24H18N6O6/c1-14(32)16-5-7-17(8-6-16)25-23-24(26-18-4-2-3-15(11-18)9-10-31)28-20-13-22(30(35)36)21(29(33)34)12-19(20)27-23/h2-8,10-13H,9H2,1H3,(H,25,27)(H,26,28). The third-order valence-electron chi connectivity index (χ3n) is 5.22. The van der Waals surface area contributed by atoms with E-state index in [2.05, 4.69) is 20.6 Å². The van der Waals surface area contributed by atoms with Gasteiger partial charge in [-0.3, -0.25) is 25.0 Å². The highest BCUT2D eigenvalue weighted by Crippen LogP contribution is 2.34. The molecule has 0 amide bonds. The predicted octanol–water partition coefficient (Wildman–Crippen LogP) is 4.88. The van der Waals surface area contributed by atoms with E-state index in [-0.39, 0.29) is 34.9 Å². The van der Waals surface area contributed by atoms with Crippen LogP contribution in [-0.4, -0.2) is 31.9 Å². The lowest BCUT2D eigenvalue weighted by atomic mass is 10.1. The van der Waals surface area contributed by atoms with Crippen molar-refractivity contribution < 1.29 is 19.4 Å². The maximum Gasteiger partial charge on any atom is 0.348 e. The van der Waals surface area contributed by atoms with Crippen LogP contribution >= 0.6 is 0 Å². The van der Waals surface area contributed by atoms with E-state index >= 15 is 0 Å². The zero-order valence-electron chi connectivity index (χ0n) is 18.8. The number of rotatable bonds is 9. The van der Waals surface area contributed by atoms with Crippen LogP contribution in [0, 0.1) is 20.2 Å². The first-order chi connectivity index (χ1) is 17.2. The average molecular weight is 486 g/mol. The quantitative estimate of drug-likeness (QED) is 0.144. The van der Waals surface area contributed by atoms with Crippen molar-refractivity contribution in [3.63, 3.8) is 0 Å². The number of nitrogens with zero attached hydrogens (tertiary/aromatic N) is 4. The zero-order valence-corrected chi connectivity index (χ0v) is 18.8. The Bertz CT molecular complexity index is 1520. The maximum absolute atomic E-state index is 11.6. The molecule has 0 saturated heterocycles. The van der Waals surface area contributed by atoms with Crippen molar-refractivity contribution in [2.75, 3.05) is 10.6 Å². The SMILES string of the molecule is CC(=O)c1ccc(Nc2nc3cc([N+](=O)[O-])c([N+](=O)[O-])cc3nc2Nc2cccc(CC=O)c2)cc1. The summed E-state index contributed by atoms with van der Waals surface area (Å²) in [6, 6.07) is 15.6. The molecule has 0 saturated carbocycles. The Morgan fingerprint density at radius 3 is 1.92 bits per heavy atom. The van der Waals surface area contributed by atoms with Crippen LogP contribution < -0.4 is 10.6 Å². The van der Waals surface area contributed by atoms with Gasteiger partial charge in [-0.25, -0.2) is 9.97 Å². The van der Waals surface area contributed by atoms with Crippen molar-refractivity contribution in [1.82, 2.24) is 9.97 Å². The number of nitro benzene ring substituents is 2. The molecule has 12 nitrogen and oxygen atoms in total. The molecular weight excluding hydrogens is 468 g/mol. The molecule has 4 aromatic rings. The molecular formula is C24H18N6O6. The van der Waals surface area contributed by atoms with Crippen molar-refractivity contribution in [2.24, 2.45) is 0 Å². The number of Topliss-reactive ketones (excluding diaryl/α,β-unsaturated/α-hetero) is 1. The third-order valence-corrected chi connectivity index (χ3v) is 5.22. The summed E-state index contributed by atoms with van der Waals surface area (Å²) >= 11 is 0. The molecule has 0 spiro atoms. The lowest BCUT2D eigenvalue weighted by Crippen LogP contribution is -2.05. The molecule has 2 N–H and O–H groups in total. The van der Waals surface area contributed by atoms with Gasteiger partial charge >= 0.3 is 11.4 Å². The van der Waals surface area contributed by atoms with Gasteiger partial charge in [-0.2, -0.15) is 0 Å². The summed E-state index contributed by atoms with van der Waals surface area (Å²) < 4.78 is 0. The Morgan fingerprint density at radius 2 is 1.42 bits per heavy atom. The Balaban J connectivity index is 1.84. The highest BCUT2D eigenvalue weighted by molar-refractivity contribution is 5.94. The first-order valence-electron chi connectivity index (χ1n) is 10.6. The van der Waals surface area contributed by atoms with Crippen molar-refractivity contribution in [3.05, 3.63) is 92.0 Å². The minimum atomic E-state index is -0.850. The number of fused-ring (bicyclic) bond motifs is 1. The van der Waals surface area contributed by atoms with Gasteiger partial charge in [0.05, 0.1) is 33.0 Å². The van der Waals surface area contributed by atoms with Gasteiger partial charge < -0.3 is 15.4 Å². The monoisotopic (exact) mass is 486 g/mol. The maximum atomic E-state index is 11.6. The summed E-state index contributed by atoms with van der Waals surface area (Å²) in [4.78, 5) is 52.5. The molecule has 0 aliphatic rings. The minimum Gasteiger partial charge on any atom is -0.337 e. The predicted molar refractivity (Wildman–Crippen MR) is 132 cm³/mol. The van der Waals surface area contributed by atoms with Gasteiger partial charge in [0.2, 0.25) is 0 Å². The topological polar surface area (TPSA) is 170 Å². The molecule has 0 fully saturated rings. The Labute approximate surface area is 203 Å². The van der Waals surface area contributed by atoms with Gasteiger partial charge in [0, 0.05) is 23.4 Å². The minimum absolute atomic E-state index is 0.0652. The van der Waals surface area contributed by atoms with Crippen molar-refractivity contribution >= 4 is 57.5 Å². The summed E-state index contributed by atoms with van der Waals surface area (Å²) in [5, 5.41) is 29.0. The lowest BCUT2D eigenvalue weighted by molar-refractivity contribution is -0.422. The number of carbonyl (C=O) groups is 2. The van der Waals surface area contributed by atoms with Gasteiger partial charge in [0.15, 0.2) is 17.4 Å². The molecule has 3 aromatic carbocycles. The second-order valence-electron chi connectivity index (χ2n) is 7.72. The van der Waals surface area contributed by atoms with Crippen LogP contribution in [0.5, 0.6) is 0 Å². The second kappa shape index (κ2) is 9.93. The second-order valence-corrected chi connectivity index (χ2v) is 7.72. The molecule has 1 aromatic heterocycles. The Kier molecular flexibility index (Phi) is 6.59. The largest absolute Gasteiger partial charge is 0.348 e. The number of hydrogen-bond donors (Lipinski definition) is 2. The van der Waals surface area contributed by atoms with Crippen molar-refractivity contribution in [2.45, 2.75) is 13.3 Å². The summed E-state index contributed by atoms with van der Waals surface area (Å²) in [7, 11) is 0. The zero-order chi connectivity index (χ0) is 25.8. The molecule has 0 aliphatic heterocycles. The molecule has 12 heteroatoms. The summed E-state index contributed by atoms with van der Waals surface area (Å²) in [5.41, 5.74) is 1.12. The summed E-state index contributed by atoms with van der Waals surface area (Å²) in [5.74, 6) is 0.269. The number of aldehydes is 1. The van der Waals surface area contributed by atoms with E-state index in [9.17, 15) is 29.8 Å². The normalized spacial score (nSPS) is 10.6. The molecule has 0 aliphatic carbocycles. The molecule has 0 radical (unpaired) electrons. The van der Waals surface area contributed by atoms with Gasteiger partial charge in [0.25, 0.3) is 0 Å². The van der Waals surface area contributed by atoms with E-state index in [0.717, 1.165) is 24.0 Å².